The first-order valence-electron chi connectivity index (χ1n) is 11.5. The number of anilines is 2. The number of carbonyl (C=O) groups is 2. The Kier molecular flexibility index (Phi) is 6.59. The maximum Gasteiger partial charge on any atom is 0.247 e. The highest BCUT2D eigenvalue weighted by atomic mass is 32.2. The normalized spacial score (nSPS) is 18.9. The fourth-order valence-corrected chi connectivity index (χ4v) is 6.19. The Morgan fingerprint density at radius 3 is 2.27 bits per heavy atom. The number of nitrogens with zero attached hydrogens (tertiary/aromatic N) is 2. The number of hydrogen-bond acceptors (Lipinski definition) is 4. The van der Waals surface area contributed by atoms with Crippen molar-refractivity contribution in [1.29, 1.82) is 0 Å². The molecule has 176 valence electrons. The number of fused-ring (bicyclic) bond motifs is 1. The van der Waals surface area contributed by atoms with Crippen LogP contribution >= 0.6 is 0 Å². The Bertz CT molecular complexity index is 1150. The minimum atomic E-state index is -3.59. The van der Waals surface area contributed by atoms with Crippen molar-refractivity contribution in [3.05, 3.63) is 53.6 Å². The standard InChI is InChI=1S/C25H31N3O4S/c1-17(2)19-7-9-21(10-8-19)26-25(30)24-16-20-15-22(11-12-23(20)28(24)18(3)29)33(31,32)27-13-5-4-6-14-27/h7-12,15,17,24H,4-6,13-14,16H2,1-3H3,(H,26,30)/t24-/m0/s1. The van der Waals surface area contributed by atoms with Gasteiger partial charge in [0.2, 0.25) is 21.8 Å². The molecule has 8 heteroatoms. The first-order valence-corrected chi connectivity index (χ1v) is 13.0. The highest BCUT2D eigenvalue weighted by Gasteiger charge is 2.38. The van der Waals surface area contributed by atoms with Gasteiger partial charge in [0, 0.05) is 37.8 Å². The number of piperidine rings is 1. The molecule has 2 aromatic carbocycles. The van der Waals surface area contributed by atoms with E-state index in [1.165, 1.54) is 21.7 Å². The third-order valence-electron chi connectivity index (χ3n) is 6.48. The van der Waals surface area contributed by atoms with Crippen LogP contribution in [0.1, 0.15) is 57.1 Å². The van der Waals surface area contributed by atoms with E-state index in [4.69, 9.17) is 0 Å². The highest BCUT2D eigenvalue weighted by molar-refractivity contribution is 7.89. The third kappa shape index (κ3) is 4.68. The van der Waals surface area contributed by atoms with Crippen molar-refractivity contribution in [2.45, 2.75) is 63.3 Å². The zero-order valence-corrected chi connectivity index (χ0v) is 20.2. The Morgan fingerprint density at radius 2 is 1.67 bits per heavy atom. The molecule has 7 nitrogen and oxygen atoms in total. The molecule has 2 aliphatic heterocycles. The monoisotopic (exact) mass is 469 g/mol. The fourth-order valence-electron chi connectivity index (χ4n) is 4.62. The first kappa shape index (κ1) is 23.4. The van der Waals surface area contributed by atoms with E-state index in [1.807, 2.05) is 24.3 Å². The van der Waals surface area contributed by atoms with E-state index in [2.05, 4.69) is 19.2 Å². The van der Waals surface area contributed by atoms with Crippen LogP contribution in [0.25, 0.3) is 0 Å². The molecule has 1 atom stereocenters. The van der Waals surface area contributed by atoms with Gasteiger partial charge in [0.25, 0.3) is 0 Å². The molecule has 0 bridgehead atoms. The van der Waals surface area contributed by atoms with E-state index in [0.717, 1.165) is 19.3 Å². The van der Waals surface area contributed by atoms with Crippen molar-refractivity contribution < 1.29 is 18.0 Å². The molecular weight excluding hydrogens is 438 g/mol. The molecule has 0 saturated carbocycles. The predicted molar refractivity (Wildman–Crippen MR) is 129 cm³/mol. The van der Waals surface area contributed by atoms with E-state index in [-0.39, 0.29) is 23.1 Å². The van der Waals surface area contributed by atoms with E-state index >= 15 is 0 Å². The van der Waals surface area contributed by atoms with Gasteiger partial charge in [-0.05, 0) is 60.2 Å². The molecule has 2 aromatic rings. The number of hydrogen-bond donors (Lipinski definition) is 1. The van der Waals surface area contributed by atoms with Crippen LogP contribution in [0.2, 0.25) is 0 Å². The summed E-state index contributed by atoms with van der Waals surface area (Å²) in [6, 6.07) is 11.8. The minimum absolute atomic E-state index is 0.219. The number of carbonyl (C=O) groups excluding carboxylic acids is 2. The predicted octanol–water partition coefficient (Wildman–Crippen LogP) is 3.90. The molecule has 1 N–H and O–H groups in total. The van der Waals surface area contributed by atoms with Crippen LogP contribution in [0, 0.1) is 0 Å². The van der Waals surface area contributed by atoms with Crippen molar-refractivity contribution in [3.8, 4) is 0 Å². The van der Waals surface area contributed by atoms with Crippen molar-refractivity contribution in [1.82, 2.24) is 4.31 Å². The SMILES string of the molecule is CC(=O)N1c2ccc(S(=O)(=O)N3CCCCC3)cc2C[C@H]1C(=O)Nc1ccc(C(C)C)cc1. The van der Waals surface area contributed by atoms with Crippen molar-refractivity contribution in [3.63, 3.8) is 0 Å². The van der Waals surface area contributed by atoms with E-state index < -0.39 is 16.1 Å². The van der Waals surface area contributed by atoms with Gasteiger partial charge in [0.15, 0.2) is 0 Å². The quantitative estimate of drug-likeness (QED) is 0.720. The number of sulfonamides is 1. The van der Waals surface area contributed by atoms with Gasteiger partial charge < -0.3 is 5.32 Å². The summed E-state index contributed by atoms with van der Waals surface area (Å²) < 4.78 is 27.7. The van der Waals surface area contributed by atoms with Gasteiger partial charge >= 0.3 is 0 Å². The summed E-state index contributed by atoms with van der Waals surface area (Å²) in [4.78, 5) is 27.2. The average Bonchev–Trinajstić information content (AvgIpc) is 3.19. The molecule has 33 heavy (non-hydrogen) atoms. The smallest absolute Gasteiger partial charge is 0.247 e. The molecule has 2 amide bonds. The topological polar surface area (TPSA) is 86.8 Å². The molecule has 0 radical (unpaired) electrons. The molecule has 0 aromatic heterocycles. The largest absolute Gasteiger partial charge is 0.324 e. The van der Waals surface area contributed by atoms with Crippen molar-refractivity contribution in [2.75, 3.05) is 23.3 Å². The molecule has 2 heterocycles. The molecule has 0 unspecified atom stereocenters. The van der Waals surface area contributed by atoms with E-state index in [1.54, 1.807) is 18.2 Å². The summed E-state index contributed by atoms with van der Waals surface area (Å²) in [5.74, 6) is -0.155. The second-order valence-electron chi connectivity index (χ2n) is 9.13. The van der Waals surface area contributed by atoms with Gasteiger partial charge in [0.05, 0.1) is 4.90 Å². The second kappa shape index (κ2) is 9.27. The zero-order valence-electron chi connectivity index (χ0n) is 19.4. The molecule has 1 saturated heterocycles. The summed E-state index contributed by atoms with van der Waals surface area (Å²) >= 11 is 0. The molecule has 1 fully saturated rings. The summed E-state index contributed by atoms with van der Waals surface area (Å²) in [5, 5.41) is 2.91. The first-order chi connectivity index (χ1) is 15.7. The average molecular weight is 470 g/mol. The lowest BCUT2D eigenvalue weighted by Gasteiger charge is -2.26. The Labute approximate surface area is 195 Å². The number of benzene rings is 2. The lowest BCUT2D eigenvalue weighted by molar-refractivity contribution is -0.122. The van der Waals surface area contributed by atoms with Gasteiger partial charge in [0.1, 0.15) is 6.04 Å². The third-order valence-corrected chi connectivity index (χ3v) is 8.37. The van der Waals surface area contributed by atoms with E-state index in [9.17, 15) is 18.0 Å². The van der Waals surface area contributed by atoms with Gasteiger partial charge in [-0.25, -0.2) is 8.42 Å². The maximum absolute atomic E-state index is 13.1. The highest BCUT2D eigenvalue weighted by Crippen LogP contribution is 2.35. The number of rotatable bonds is 5. The molecule has 0 aliphatic carbocycles. The van der Waals surface area contributed by atoms with Crippen LogP contribution in [-0.2, 0) is 26.0 Å². The molecule has 0 spiro atoms. The van der Waals surface area contributed by atoms with E-state index in [0.29, 0.717) is 35.9 Å². The van der Waals surface area contributed by atoms with Gasteiger partial charge in [-0.3, -0.25) is 14.5 Å². The summed E-state index contributed by atoms with van der Waals surface area (Å²) in [6.07, 6.45) is 3.04. The molecular formula is C25H31N3O4S. The van der Waals surface area contributed by atoms with Gasteiger partial charge in [-0.15, -0.1) is 0 Å². The van der Waals surface area contributed by atoms with Gasteiger partial charge in [-0.1, -0.05) is 32.4 Å². The second-order valence-corrected chi connectivity index (χ2v) is 11.1. The fraction of sp³-hybridized carbons (Fsp3) is 0.440. The lowest BCUT2D eigenvalue weighted by Crippen LogP contribution is -2.44. The van der Waals surface area contributed by atoms with Crippen LogP contribution in [0.4, 0.5) is 11.4 Å². The Balaban J connectivity index is 1.57. The Morgan fingerprint density at radius 1 is 1.00 bits per heavy atom. The number of amides is 2. The van der Waals surface area contributed by atoms with Crippen LogP contribution in [0.5, 0.6) is 0 Å². The Hall–Kier alpha value is -2.71. The van der Waals surface area contributed by atoms with Crippen LogP contribution in [0.15, 0.2) is 47.4 Å². The minimum Gasteiger partial charge on any atom is -0.324 e. The van der Waals surface area contributed by atoms with Crippen molar-refractivity contribution in [2.24, 2.45) is 0 Å². The summed E-state index contributed by atoms with van der Waals surface area (Å²) in [6.45, 7) is 6.69. The molecule has 4 rings (SSSR count). The summed E-state index contributed by atoms with van der Waals surface area (Å²) in [5.41, 5.74) is 3.13. The van der Waals surface area contributed by atoms with Crippen LogP contribution < -0.4 is 10.2 Å². The number of nitrogens with one attached hydrogen (secondary N) is 1. The maximum atomic E-state index is 13.1. The lowest BCUT2D eigenvalue weighted by atomic mass is 10.0. The van der Waals surface area contributed by atoms with Crippen LogP contribution in [-0.4, -0.2) is 43.7 Å². The van der Waals surface area contributed by atoms with Gasteiger partial charge in [-0.2, -0.15) is 4.31 Å². The summed E-state index contributed by atoms with van der Waals surface area (Å²) in [7, 11) is -3.59. The molecule has 2 aliphatic rings. The zero-order chi connectivity index (χ0) is 23.8. The van der Waals surface area contributed by atoms with Crippen molar-refractivity contribution >= 4 is 33.2 Å². The van der Waals surface area contributed by atoms with Crippen LogP contribution in [0.3, 0.4) is 0 Å².